The highest BCUT2D eigenvalue weighted by molar-refractivity contribution is 5.49. The van der Waals surface area contributed by atoms with Crippen molar-refractivity contribution in [3.8, 4) is 0 Å². The molecule has 0 heterocycles. The molecule has 112 valence electrons. The number of benzene rings is 1. The van der Waals surface area contributed by atoms with E-state index in [0.717, 1.165) is 18.7 Å². The summed E-state index contributed by atoms with van der Waals surface area (Å²) in [7, 11) is 0. The largest absolute Gasteiger partial charge is 0.366 e. The lowest BCUT2D eigenvalue weighted by atomic mass is 9.81. The quantitative estimate of drug-likeness (QED) is 0.853. The van der Waals surface area contributed by atoms with E-state index in [4.69, 9.17) is 5.73 Å². The summed E-state index contributed by atoms with van der Waals surface area (Å²) in [5.41, 5.74) is 6.43. The van der Waals surface area contributed by atoms with Crippen molar-refractivity contribution >= 4 is 5.69 Å². The van der Waals surface area contributed by atoms with E-state index in [1.807, 2.05) is 12.1 Å². The normalized spacial score (nSPS) is 22.8. The van der Waals surface area contributed by atoms with Crippen molar-refractivity contribution in [1.29, 1.82) is 0 Å². The van der Waals surface area contributed by atoms with Crippen molar-refractivity contribution < 1.29 is 4.39 Å². The first kappa shape index (κ1) is 15.3. The average Bonchev–Trinajstić information content (AvgIpc) is 2.49. The molecule has 2 rings (SSSR count). The molecule has 0 saturated heterocycles. The number of hydrogen-bond acceptors (Lipinski definition) is 2. The van der Waals surface area contributed by atoms with Crippen LogP contribution in [0.5, 0.6) is 0 Å². The molecule has 1 aliphatic rings. The van der Waals surface area contributed by atoms with E-state index in [2.05, 4.69) is 11.8 Å². The smallest absolute Gasteiger partial charge is 0.146 e. The van der Waals surface area contributed by atoms with Gasteiger partial charge in [-0.1, -0.05) is 38.3 Å². The lowest BCUT2D eigenvalue weighted by Gasteiger charge is -2.41. The van der Waals surface area contributed by atoms with Crippen molar-refractivity contribution in [2.75, 3.05) is 18.0 Å². The Morgan fingerprint density at radius 1 is 1.25 bits per heavy atom. The van der Waals surface area contributed by atoms with Crippen LogP contribution in [-0.2, 0) is 0 Å². The molecule has 0 radical (unpaired) electrons. The molecule has 1 aromatic rings. The fraction of sp³-hybridized carbons (Fsp3) is 0.647. The zero-order chi connectivity index (χ0) is 14.4. The number of halogens is 1. The van der Waals surface area contributed by atoms with Gasteiger partial charge in [0.05, 0.1) is 5.69 Å². The van der Waals surface area contributed by atoms with Gasteiger partial charge < -0.3 is 10.6 Å². The Kier molecular flexibility index (Phi) is 5.84. The Morgan fingerprint density at radius 2 is 2.00 bits per heavy atom. The number of para-hydroxylation sites is 1. The molecular weight excluding hydrogens is 251 g/mol. The van der Waals surface area contributed by atoms with Gasteiger partial charge in [0.1, 0.15) is 5.82 Å². The molecule has 0 bridgehead atoms. The van der Waals surface area contributed by atoms with Gasteiger partial charge >= 0.3 is 0 Å². The predicted molar refractivity (Wildman–Crippen MR) is 83.5 cm³/mol. The third-order valence-electron chi connectivity index (χ3n) is 4.56. The van der Waals surface area contributed by atoms with E-state index in [0.29, 0.717) is 18.5 Å². The summed E-state index contributed by atoms with van der Waals surface area (Å²) in [6.07, 6.45) is 7.12. The summed E-state index contributed by atoms with van der Waals surface area (Å²) in [4.78, 5) is 2.29. The van der Waals surface area contributed by atoms with Crippen LogP contribution in [0.1, 0.15) is 45.4 Å². The van der Waals surface area contributed by atoms with Gasteiger partial charge in [-0.05, 0) is 43.9 Å². The van der Waals surface area contributed by atoms with Crippen LogP contribution < -0.4 is 10.6 Å². The highest BCUT2D eigenvalue weighted by Gasteiger charge is 2.29. The summed E-state index contributed by atoms with van der Waals surface area (Å²) in [6.45, 7) is 3.78. The Balaban J connectivity index is 2.24. The predicted octanol–water partition coefficient (Wildman–Crippen LogP) is 3.95. The monoisotopic (exact) mass is 278 g/mol. The third kappa shape index (κ3) is 3.51. The number of rotatable bonds is 6. The van der Waals surface area contributed by atoms with Crippen LogP contribution in [0, 0.1) is 11.7 Å². The summed E-state index contributed by atoms with van der Waals surface area (Å²) < 4.78 is 14.2. The second kappa shape index (κ2) is 7.63. The molecular formula is C17H27FN2. The maximum atomic E-state index is 14.2. The van der Waals surface area contributed by atoms with E-state index >= 15 is 0 Å². The van der Waals surface area contributed by atoms with E-state index in [1.165, 1.54) is 32.1 Å². The highest BCUT2D eigenvalue weighted by Crippen LogP contribution is 2.34. The molecule has 2 N–H and O–H groups in total. The van der Waals surface area contributed by atoms with E-state index in [1.54, 1.807) is 12.1 Å². The molecule has 0 spiro atoms. The van der Waals surface area contributed by atoms with Crippen LogP contribution in [0.25, 0.3) is 0 Å². The molecule has 2 atom stereocenters. The molecule has 0 aliphatic heterocycles. The minimum Gasteiger partial charge on any atom is -0.366 e. The second-order valence-corrected chi connectivity index (χ2v) is 5.81. The number of hydrogen-bond donors (Lipinski definition) is 1. The molecule has 0 aromatic heterocycles. The van der Waals surface area contributed by atoms with Gasteiger partial charge in [-0.3, -0.25) is 0 Å². The van der Waals surface area contributed by atoms with Crippen molar-refractivity contribution in [3.05, 3.63) is 30.1 Å². The molecule has 2 unspecified atom stereocenters. The number of nitrogens with two attached hydrogens (primary N) is 1. The second-order valence-electron chi connectivity index (χ2n) is 5.81. The summed E-state index contributed by atoms with van der Waals surface area (Å²) in [5, 5.41) is 0. The first-order chi connectivity index (χ1) is 9.77. The Labute approximate surface area is 122 Å². The maximum Gasteiger partial charge on any atom is 0.146 e. The van der Waals surface area contributed by atoms with Gasteiger partial charge in [0.25, 0.3) is 0 Å². The number of anilines is 1. The lowest BCUT2D eigenvalue weighted by molar-refractivity contribution is 0.283. The summed E-state index contributed by atoms with van der Waals surface area (Å²) in [5.74, 6) is 0.575. The average molecular weight is 278 g/mol. The van der Waals surface area contributed by atoms with E-state index in [9.17, 15) is 4.39 Å². The Hall–Kier alpha value is -1.09. The van der Waals surface area contributed by atoms with E-state index < -0.39 is 0 Å². The van der Waals surface area contributed by atoms with Gasteiger partial charge in [-0.2, -0.15) is 0 Å². The molecule has 0 amide bonds. The molecule has 1 aliphatic carbocycles. The van der Waals surface area contributed by atoms with Gasteiger partial charge in [0, 0.05) is 12.6 Å². The van der Waals surface area contributed by atoms with Gasteiger partial charge in [-0.15, -0.1) is 0 Å². The minimum atomic E-state index is -0.107. The first-order valence-electron chi connectivity index (χ1n) is 7.99. The molecule has 3 heteroatoms. The van der Waals surface area contributed by atoms with Gasteiger partial charge in [-0.25, -0.2) is 4.39 Å². The maximum absolute atomic E-state index is 14.2. The minimum absolute atomic E-state index is 0.107. The molecule has 1 fully saturated rings. The van der Waals surface area contributed by atoms with Crippen molar-refractivity contribution in [2.45, 2.75) is 51.5 Å². The van der Waals surface area contributed by atoms with Gasteiger partial charge in [0.2, 0.25) is 0 Å². The lowest BCUT2D eigenvalue weighted by Crippen LogP contribution is -2.44. The molecule has 20 heavy (non-hydrogen) atoms. The van der Waals surface area contributed by atoms with Crippen molar-refractivity contribution in [2.24, 2.45) is 11.7 Å². The molecule has 1 saturated carbocycles. The van der Waals surface area contributed by atoms with Crippen LogP contribution in [0.2, 0.25) is 0 Å². The van der Waals surface area contributed by atoms with Crippen molar-refractivity contribution in [1.82, 2.24) is 0 Å². The zero-order valence-electron chi connectivity index (χ0n) is 12.5. The third-order valence-corrected chi connectivity index (χ3v) is 4.56. The highest BCUT2D eigenvalue weighted by atomic mass is 19.1. The fourth-order valence-electron chi connectivity index (χ4n) is 3.49. The fourth-order valence-corrected chi connectivity index (χ4v) is 3.49. The van der Waals surface area contributed by atoms with Crippen LogP contribution in [0.15, 0.2) is 24.3 Å². The van der Waals surface area contributed by atoms with Crippen LogP contribution in [-0.4, -0.2) is 19.1 Å². The number of nitrogens with zero attached hydrogens (tertiary/aromatic N) is 1. The molecule has 1 aromatic carbocycles. The standard InChI is InChI=1S/C17H27FN2/c1-2-14-8-3-5-10-16(14)20(13-7-12-19)17-11-6-4-9-15(17)18/h4,6,9,11,14,16H,2-3,5,7-8,10,12-13,19H2,1H3. The van der Waals surface area contributed by atoms with Crippen LogP contribution in [0.3, 0.4) is 0 Å². The Morgan fingerprint density at radius 3 is 2.70 bits per heavy atom. The van der Waals surface area contributed by atoms with Crippen LogP contribution in [0.4, 0.5) is 10.1 Å². The topological polar surface area (TPSA) is 29.3 Å². The van der Waals surface area contributed by atoms with E-state index in [-0.39, 0.29) is 5.82 Å². The van der Waals surface area contributed by atoms with Crippen LogP contribution >= 0.6 is 0 Å². The van der Waals surface area contributed by atoms with Crippen molar-refractivity contribution in [3.63, 3.8) is 0 Å². The van der Waals surface area contributed by atoms with Gasteiger partial charge in [0.15, 0.2) is 0 Å². The zero-order valence-corrected chi connectivity index (χ0v) is 12.5. The molecule has 2 nitrogen and oxygen atoms in total. The Bertz CT molecular complexity index is 408. The first-order valence-corrected chi connectivity index (χ1v) is 7.99. The summed E-state index contributed by atoms with van der Waals surface area (Å²) >= 11 is 0. The summed E-state index contributed by atoms with van der Waals surface area (Å²) in [6, 6.07) is 7.63. The SMILES string of the molecule is CCC1CCCCC1N(CCCN)c1ccccc1F.